The maximum Gasteiger partial charge on any atom is 0.140 e. The molecule has 0 aliphatic carbocycles. The lowest BCUT2D eigenvalue weighted by Crippen LogP contribution is -2.16. The van der Waals surface area contributed by atoms with Crippen molar-refractivity contribution in [1.82, 2.24) is 0 Å². The lowest BCUT2D eigenvalue weighted by Gasteiger charge is -2.15. The van der Waals surface area contributed by atoms with Crippen molar-refractivity contribution in [1.29, 1.82) is 0 Å². The number of hydrogen-bond acceptors (Lipinski definition) is 2. The largest absolute Gasteiger partial charge is 0.493 e. The molecule has 1 heterocycles. The van der Waals surface area contributed by atoms with Crippen molar-refractivity contribution in [2.75, 3.05) is 6.61 Å². The average Bonchev–Trinajstić information content (AvgIpc) is 2.87. The molecule has 1 aliphatic heterocycles. The first kappa shape index (κ1) is 15.4. The minimum atomic E-state index is 0.172. The highest BCUT2D eigenvalue weighted by Gasteiger charge is 2.22. The van der Waals surface area contributed by atoms with Gasteiger partial charge in [-0.2, -0.15) is 0 Å². The number of Topliss-reactive ketones (excluding diaryl/α,β-unsaturated/α-hetero) is 1. The van der Waals surface area contributed by atoms with Crippen LogP contribution in [0.2, 0.25) is 5.02 Å². The number of rotatable bonds is 7. The Balaban J connectivity index is 2.11. The molecule has 0 radical (unpaired) electrons. The van der Waals surface area contributed by atoms with Crippen molar-refractivity contribution < 1.29 is 9.53 Å². The molecule has 2 rings (SSSR count). The molecule has 0 bridgehead atoms. The lowest BCUT2D eigenvalue weighted by atomic mass is 9.90. The average molecular weight is 295 g/mol. The van der Waals surface area contributed by atoms with E-state index in [9.17, 15) is 4.79 Å². The molecule has 0 amide bonds. The molecule has 2 nitrogen and oxygen atoms in total. The highest BCUT2D eigenvalue weighted by molar-refractivity contribution is 6.30. The van der Waals surface area contributed by atoms with Gasteiger partial charge in [0.05, 0.1) is 6.61 Å². The van der Waals surface area contributed by atoms with Crippen LogP contribution < -0.4 is 4.74 Å². The summed E-state index contributed by atoms with van der Waals surface area (Å²) >= 11 is 6.14. The van der Waals surface area contributed by atoms with Crippen molar-refractivity contribution in [2.45, 2.75) is 52.4 Å². The first-order valence-corrected chi connectivity index (χ1v) is 8.00. The maximum absolute atomic E-state index is 12.5. The standard InChI is InChI=1S/C17H23ClO2/c1-3-5-6-12(4-2)16(19)11-14-10-15(18)9-13-7-8-20-17(13)14/h9-10,12H,3-8,11H2,1-2H3. The van der Waals surface area contributed by atoms with Crippen LogP contribution in [0.5, 0.6) is 5.75 Å². The number of fused-ring (bicyclic) bond motifs is 1. The van der Waals surface area contributed by atoms with E-state index in [-0.39, 0.29) is 5.92 Å². The Kier molecular flexibility index (Phi) is 5.47. The lowest BCUT2D eigenvalue weighted by molar-refractivity contribution is -0.122. The summed E-state index contributed by atoms with van der Waals surface area (Å²) < 4.78 is 5.67. The zero-order chi connectivity index (χ0) is 14.5. The maximum atomic E-state index is 12.5. The number of ketones is 1. The van der Waals surface area contributed by atoms with Crippen LogP contribution in [0.25, 0.3) is 0 Å². The molecule has 1 unspecified atom stereocenters. The van der Waals surface area contributed by atoms with Gasteiger partial charge in [0.15, 0.2) is 0 Å². The Morgan fingerprint density at radius 1 is 1.40 bits per heavy atom. The van der Waals surface area contributed by atoms with Gasteiger partial charge >= 0.3 is 0 Å². The molecule has 0 saturated heterocycles. The molecule has 1 aromatic rings. The van der Waals surface area contributed by atoms with Crippen molar-refractivity contribution in [3.05, 3.63) is 28.3 Å². The zero-order valence-corrected chi connectivity index (χ0v) is 13.1. The van der Waals surface area contributed by atoms with Gasteiger partial charge in [-0.1, -0.05) is 38.3 Å². The molecule has 0 fully saturated rings. The van der Waals surface area contributed by atoms with Crippen molar-refractivity contribution in [2.24, 2.45) is 5.92 Å². The van der Waals surface area contributed by atoms with Gasteiger partial charge in [0.25, 0.3) is 0 Å². The fraction of sp³-hybridized carbons (Fsp3) is 0.588. The van der Waals surface area contributed by atoms with Crippen molar-refractivity contribution in [3.8, 4) is 5.75 Å². The summed E-state index contributed by atoms with van der Waals surface area (Å²) in [7, 11) is 0. The molecule has 0 saturated carbocycles. The van der Waals surface area contributed by atoms with E-state index in [0.29, 0.717) is 23.8 Å². The van der Waals surface area contributed by atoms with Gasteiger partial charge in [-0.15, -0.1) is 0 Å². The molecule has 0 aromatic heterocycles. The minimum absolute atomic E-state index is 0.172. The van der Waals surface area contributed by atoms with Crippen LogP contribution in [-0.4, -0.2) is 12.4 Å². The zero-order valence-electron chi connectivity index (χ0n) is 12.4. The summed E-state index contributed by atoms with van der Waals surface area (Å²) in [6.07, 6.45) is 5.51. The van der Waals surface area contributed by atoms with E-state index in [1.165, 1.54) is 0 Å². The highest BCUT2D eigenvalue weighted by Crippen LogP contribution is 2.34. The number of carbonyl (C=O) groups is 1. The van der Waals surface area contributed by atoms with E-state index >= 15 is 0 Å². The number of benzene rings is 1. The number of ether oxygens (including phenoxy) is 1. The number of halogens is 1. The smallest absolute Gasteiger partial charge is 0.140 e. The molecule has 1 aliphatic rings. The van der Waals surface area contributed by atoms with Gasteiger partial charge in [0.2, 0.25) is 0 Å². The summed E-state index contributed by atoms with van der Waals surface area (Å²) in [5, 5.41) is 0.707. The number of hydrogen-bond donors (Lipinski definition) is 0. The molecule has 1 aromatic carbocycles. The van der Waals surface area contributed by atoms with Crippen LogP contribution in [0.4, 0.5) is 0 Å². The summed E-state index contributed by atoms with van der Waals surface area (Å²) in [4.78, 5) is 12.5. The Morgan fingerprint density at radius 3 is 2.90 bits per heavy atom. The van der Waals surface area contributed by atoms with Crippen molar-refractivity contribution >= 4 is 17.4 Å². The Bertz CT molecular complexity index is 482. The predicted octanol–water partition coefficient (Wildman–Crippen LogP) is 4.60. The van der Waals surface area contributed by atoms with Crippen LogP contribution in [0.15, 0.2) is 12.1 Å². The summed E-state index contributed by atoms with van der Waals surface area (Å²) in [5.41, 5.74) is 2.10. The molecule has 110 valence electrons. The van der Waals surface area contributed by atoms with Gasteiger partial charge in [-0.25, -0.2) is 0 Å². The number of carbonyl (C=O) groups excluding carboxylic acids is 1. The highest BCUT2D eigenvalue weighted by atomic mass is 35.5. The molecular formula is C17H23ClO2. The van der Waals surface area contributed by atoms with Gasteiger partial charge in [0.1, 0.15) is 11.5 Å². The molecular weight excluding hydrogens is 272 g/mol. The molecule has 3 heteroatoms. The predicted molar refractivity (Wildman–Crippen MR) is 82.7 cm³/mol. The van der Waals surface area contributed by atoms with Gasteiger partial charge < -0.3 is 4.74 Å². The minimum Gasteiger partial charge on any atom is -0.493 e. The monoisotopic (exact) mass is 294 g/mol. The van der Waals surface area contributed by atoms with Crippen LogP contribution in [0, 0.1) is 5.92 Å². The molecule has 20 heavy (non-hydrogen) atoms. The fourth-order valence-corrected chi connectivity index (χ4v) is 3.12. The van der Waals surface area contributed by atoms with E-state index < -0.39 is 0 Å². The first-order chi connectivity index (χ1) is 9.65. The third-order valence-electron chi connectivity index (χ3n) is 4.04. The van der Waals surface area contributed by atoms with E-state index in [0.717, 1.165) is 49.0 Å². The normalized spacial score (nSPS) is 14.8. The van der Waals surface area contributed by atoms with E-state index in [1.54, 1.807) is 0 Å². The summed E-state index contributed by atoms with van der Waals surface area (Å²) in [5.74, 6) is 1.39. The van der Waals surface area contributed by atoms with E-state index in [2.05, 4.69) is 13.8 Å². The Hall–Kier alpha value is -1.02. The second-order valence-corrected chi connectivity index (χ2v) is 5.98. The second-order valence-electron chi connectivity index (χ2n) is 5.54. The van der Waals surface area contributed by atoms with Crippen LogP contribution in [0.1, 0.15) is 50.7 Å². The van der Waals surface area contributed by atoms with Crippen molar-refractivity contribution in [3.63, 3.8) is 0 Å². The fourth-order valence-electron chi connectivity index (χ4n) is 2.85. The van der Waals surface area contributed by atoms with Gasteiger partial charge in [-0.05, 0) is 30.5 Å². The summed E-state index contributed by atoms with van der Waals surface area (Å²) in [6, 6.07) is 3.84. The van der Waals surface area contributed by atoms with Crippen LogP contribution in [0.3, 0.4) is 0 Å². The molecule has 0 spiro atoms. The topological polar surface area (TPSA) is 26.3 Å². The third kappa shape index (κ3) is 3.54. The van der Waals surface area contributed by atoms with E-state index in [1.807, 2.05) is 12.1 Å². The van der Waals surface area contributed by atoms with Crippen LogP contribution in [-0.2, 0) is 17.6 Å². The van der Waals surface area contributed by atoms with Crippen LogP contribution >= 0.6 is 11.6 Å². The van der Waals surface area contributed by atoms with Gasteiger partial charge in [0, 0.05) is 29.3 Å². The molecule has 1 atom stereocenters. The SMILES string of the molecule is CCCCC(CC)C(=O)Cc1cc(Cl)cc2c1OCC2. The molecule has 0 N–H and O–H groups in total. The second kappa shape index (κ2) is 7.12. The quantitative estimate of drug-likeness (QED) is 0.734. The van der Waals surface area contributed by atoms with Gasteiger partial charge in [-0.3, -0.25) is 4.79 Å². The Morgan fingerprint density at radius 2 is 2.20 bits per heavy atom. The Labute approximate surface area is 126 Å². The number of unbranched alkanes of at least 4 members (excludes halogenated alkanes) is 1. The third-order valence-corrected chi connectivity index (χ3v) is 4.26. The first-order valence-electron chi connectivity index (χ1n) is 7.62. The van der Waals surface area contributed by atoms with E-state index in [4.69, 9.17) is 16.3 Å². The summed E-state index contributed by atoms with van der Waals surface area (Å²) in [6.45, 7) is 4.95.